The number of rotatable bonds is 5. The summed E-state index contributed by atoms with van der Waals surface area (Å²) >= 11 is 5.91. The molecule has 0 aliphatic heterocycles. The number of amides is 2. The number of nitrogens with one attached hydrogen (secondary N) is 1. The van der Waals surface area contributed by atoms with Crippen molar-refractivity contribution in [3.05, 3.63) is 59.1 Å². The van der Waals surface area contributed by atoms with Crippen LogP contribution < -0.4 is 10.2 Å². The molecule has 0 aliphatic carbocycles. The lowest BCUT2D eigenvalue weighted by atomic mass is 10.2. The summed E-state index contributed by atoms with van der Waals surface area (Å²) < 4.78 is 37.6. The van der Waals surface area contributed by atoms with Crippen LogP contribution in [0.5, 0.6) is 0 Å². The number of carbonyl (C=O) groups excluding carboxylic acids is 2. The monoisotopic (exact) mass is 384 g/mol. The lowest BCUT2D eigenvalue weighted by molar-refractivity contribution is -0.137. The first-order chi connectivity index (χ1) is 12.2. The summed E-state index contributed by atoms with van der Waals surface area (Å²) in [6.07, 6.45) is -4.45. The molecule has 1 N–H and O–H groups in total. The van der Waals surface area contributed by atoms with Crippen molar-refractivity contribution >= 4 is 34.8 Å². The van der Waals surface area contributed by atoms with Crippen molar-refractivity contribution < 1.29 is 22.8 Å². The Kier molecular flexibility index (Phi) is 6.26. The lowest BCUT2D eigenvalue weighted by Gasteiger charge is -2.21. The van der Waals surface area contributed by atoms with E-state index in [0.717, 1.165) is 12.1 Å². The molecule has 0 saturated heterocycles. The Hall–Kier alpha value is -2.54. The number of halogens is 4. The molecule has 2 rings (SSSR count). The van der Waals surface area contributed by atoms with E-state index >= 15 is 0 Å². The summed E-state index contributed by atoms with van der Waals surface area (Å²) in [4.78, 5) is 25.2. The summed E-state index contributed by atoms with van der Waals surface area (Å²) in [6.45, 7) is 1.48. The third-order valence-electron chi connectivity index (χ3n) is 3.56. The maximum Gasteiger partial charge on any atom is 0.416 e. The smallest absolute Gasteiger partial charge is 0.326 e. The van der Waals surface area contributed by atoms with Gasteiger partial charge in [-0.15, -0.1) is 0 Å². The van der Waals surface area contributed by atoms with E-state index in [0.29, 0.717) is 10.7 Å². The number of benzene rings is 2. The second-order valence-electron chi connectivity index (χ2n) is 5.52. The second-order valence-corrected chi connectivity index (χ2v) is 5.96. The van der Waals surface area contributed by atoms with Gasteiger partial charge in [-0.05, 0) is 42.5 Å². The van der Waals surface area contributed by atoms with Crippen LogP contribution in [0.25, 0.3) is 0 Å². The fraction of sp³-hybridized carbons (Fsp3) is 0.222. The number of hydrogen-bond acceptors (Lipinski definition) is 2. The van der Waals surface area contributed by atoms with Crippen molar-refractivity contribution in [1.82, 2.24) is 0 Å². The van der Waals surface area contributed by atoms with Crippen molar-refractivity contribution in [3.8, 4) is 0 Å². The molecule has 0 bridgehead atoms. The van der Waals surface area contributed by atoms with E-state index in [9.17, 15) is 22.8 Å². The molecule has 0 spiro atoms. The minimum absolute atomic E-state index is 0.0207. The molecule has 0 radical (unpaired) electrons. The minimum atomic E-state index is -4.43. The van der Waals surface area contributed by atoms with Gasteiger partial charge in [0, 0.05) is 36.3 Å². The van der Waals surface area contributed by atoms with E-state index in [-0.39, 0.29) is 24.6 Å². The molecule has 0 heterocycles. The molecular formula is C18H16ClF3N2O2. The normalized spacial score (nSPS) is 11.1. The maximum atomic E-state index is 12.5. The average Bonchev–Trinajstić information content (AvgIpc) is 2.54. The van der Waals surface area contributed by atoms with Crippen LogP contribution in [0.3, 0.4) is 0 Å². The molecule has 0 saturated carbocycles. The molecule has 4 nitrogen and oxygen atoms in total. The van der Waals surface area contributed by atoms with E-state index in [1.807, 2.05) is 0 Å². The molecule has 138 valence electrons. The standard InChI is InChI=1S/C18H16ClF3N2O2/c1-12(25)24(16-4-2-3-14(19)11-16)10-9-17(26)23-15-7-5-13(6-8-15)18(20,21)22/h2-8,11H,9-10H2,1H3,(H,23,26). The molecule has 0 aliphatic rings. The van der Waals surface area contributed by atoms with Gasteiger partial charge >= 0.3 is 6.18 Å². The Morgan fingerprint density at radius 2 is 1.77 bits per heavy atom. The number of alkyl halides is 3. The Balaban J connectivity index is 1.97. The maximum absolute atomic E-state index is 12.5. The van der Waals surface area contributed by atoms with Crippen LogP contribution in [-0.4, -0.2) is 18.4 Å². The zero-order valence-electron chi connectivity index (χ0n) is 13.8. The Labute approximate surface area is 153 Å². The van der Waals surface area contributed by atoms with Gasteiger partial charge in [0.05, 0.1) is 5.56 Å². The predicted molar refractivity (Wildman–Crippen MR) is 94.2 cm³/mol. The minimum Gasteiger partial charge on any atom is -0.326 e. The van der Waals surface area contributed by atoms with Crippen molar-refractivity contribution in [2.24, 2.45) is 0 Å². The lowest BCUT2D eigenvalue weighted by Crippen LogP contribution is -2.31. The van der Waals surface area contributed by atoms with Crippen molar-refractivity contribution in [3.63, 3.8) is 0 Å². The molecule has 0 aromatic heterocycles. The number of hydrogen-bond donors (Lipinski definition) is 1. The Morgan fingerprint density at radius 3 is 2.31 bits per heavy atom. The van der Waals surface area contributed by atoms with Gasteiger partial charge in [-0.3, -0.25) is 9.59 Å². The van der Waals surface area contributed by atoms with Gasteiger partial charge in [-0.25, -0.2) is 0 Å². The van der Waals surface area contributed by atoms with Gasteiger partial charge < -0.3 is 10.2 Å². The molecule has 2 aromatic carbocycles. The van der Waals surface area contributed by atoms with Crippen molar-refractivity contribution in [1.29, 1.82) is 0 Å². The predicted octanol–water partition coefficient (Wildman–Crippen LogP) is 4.74. The Bertz CT molecular complexity index is 792. The van der Waals surface area contributed by atoms with Crippen molar-refractivity contribution in [2.45, 2.75) is 19.5 Å². The average molecular weight is 385 g/mol. The number of carbonyl (C=O) groups is 2. The van der Waals surface area contributed by atoms with Gasteiger partial charge in [0.15, 0.2) is 0 Å². The first-order valence-corrected chi connectivity index (χ1v) is 8.05. The zero-order valence-corrected chi connectivity index (χ0v) is 14.6. The summed E-state index contributed by atoms with van der Waals surface area (Å²) in [5.41, 5.74) is 0.0201. The number of nitrogens with zero attached hydrogens (tertiary/aromatic N) is 1. The summed E-state index contributed by atoms with van der Waals surface area (Å²) in [5.74, 6) is -0.673. The highest BCUT2D eigenvalue weighted by molar-refractivity contribution is 6.30. The third-order valence-corrected chi connectivity index (χ3v) is 3.79. The van der Waals surface area contributed by atoms with Gasteiger partial charge in [0.25, 0.3) is 0 Å². The zero-order chi connectivity index (χ0) is 19.3. The topological polar surface area (TPSA) is 49.4 Å². The van der Waals surface area contributed by atoms with Crippen LogP contribution in [0.2, 0.25) is 5.02 Å². The van der Waals surface area contributed by atoms with Crippen LogP contribution in [0.4, 0.5) is 24.5 Å². The first kappa shape index (κ1) is 19.8. The van der Waals surface area contributed by atoms with Crippen LogP contribution in [-0.2, 0) is 15.8 Å². The van der Waals surface area contributed by atoms with E-state index in [1.54, 1.807) is 24.3 Å². The van der Waals surface area contributed by atoms with Gasteiger partial charge in [-0.2, -0.15) is 13.2 Å². The van der Waals surface area contributed by atoms with Crippen LogP contribution >= 0.6 is 11.6 Å². The van der Waals surface area contributed by atoms with E-state index in [4.69, 9.17) is 11.6 Å². The second kappa shape index (κ2) is 8.23. The fourth-order valence-electron chi connectivity index (χ4n) is 2.29. The fourth-order valence-corrected chi connectivity index (χ4v) is 2.48. The SMILES string of the molecule is CC(=O)N(CCC(=O)Nc1ccc(C(F)(F)F)cc1)c1cccc(Cl)c1. The summed E-state index contributed by atoms with van der Waals surface area (Å²) in [6, 6.07) is 10.8. The largest absolute Gasteiger partial charge is 0.416 e. The molecule has 0 fully saturated rings. The van der Waals surface area contributed by atoms with Gasteiger partial charge in [0.1, 0.15) is 0 Å². The van der Waals surface area contributed by atoms with Gasteiger partial charge in [-0.1, -0.05) is 17.7 Å². The van der Waals surface area contributed by atoms with Crippen LogP contribution in [0.15, 0.2) is 48.5 Å². The summed E-state index contributed by atoms with van der Waals surface area (Å²) in [5, 5.41) is 2.97. The quantitative estimate of drug-likeness (QED) is 0.809. The highest BCUT2D eigenvalue weighted by atomic mass is 35.5. The van der Waals surface area contributed by atoms with E-state index in [2.05, 4.69) is 5.32 Å². The number of anilines is 2. The van der Waals surface area contributed by atoms with Crippen LogP contribution in [0, 0.1) is 0 Å². The molecule has 8 heteroatoms. The molecule has 26 heavy (non-hydrogen) atoms. The highest BCUT2D eigenvalue weighted by Crippen LogP contribution is 2.29. The van der Waals surface area contributed by atoms with Gasteiger partial charge in [0.2, 0.25) is 11.8 Å². The molecule has 2 amide bonds. The third kappa shape index (κ3) is 5.49. The van der Waals surface area contributed by atoms with E-state index < -0.39 is 17.6 Å². The van der Waals surface area contributed by atoms with Crippen molar-refractivity contribution in [2.75, 3.05) is 16.8 Å². The van der Waals surface area contributed by atoms with E-state index in [1.165, 1.54) is 24.0 Å². The molecular weight excluding hydrogens is 369 g/mol. The first-order valence-electron chi connectivity index (χ1n) is 7.67. The summed E-state index contributed by atoms with van der Waals surface area (Å²) in [7, 11) is 0. The molecule has 0 unspecified atom stereocenters. The Morgan fingerprint density at radius 1 is 1.12 bits per heavy atom. The molecule has 0 atom stereocenters. The molecule has 2 aromatic rings. The van der Waals surface area contributed by atoms with Crippen LogP contribution in [0.1, 0.15) is 18.9 Å². The highest BCUT2D eigenvalue weighted by Gasteiger charge is 2.30.